The first kappa shape index (κ1) is 16.4. The first-order valence-corrected chi connectivity index (χ1v) is 8.60. The third-order valence-corrected chi connectivity index (χ3v) is 4.66. The van der Waals surface area contributed by atoms with Crippen molar-refractivity contribution in [2.75, 3.05) is 13.1 Å². The molecule has 8 heteroatoms. The molecular formula is C18H20N6O2. The van der Waals surface area contributed by atoms with Crippen molar-refractivity contribution in [1.29, 1.82) is 0 Å². The van der Waals surface area contributed by atoms with E-state index in [-0.39, 0.29) is 11.8 Å². The predicted octanol–water partition coefficient (Wildman–Crippen LogP) is 2.27. The zero-order chi connectivity index (χ0) is 18.3. The number of amides is 1. The van der Waals surface area contributed by atoms with Gasteiger partial charge in [0.2, 0.25) is 17.6 Å². The van der Waals surface area contributed by atoms with Crippen LogP contribution in [0.25, 0.3) is 17.2 Å². The molecule has 4 heterocycles. The van der Waals surface area contributed by atoms with Gasteiger partial charge in [0.25, 0.3) is 0 Å². The minimum absolute atomic E-state index is 0.0798. The zero-order valence-corrected chi connectivity index (χ0v) is 15.0. The molecule has 1 aliphatic heterocycles. The number of aromatic nitrogens is 5. The highest BCUT2D eigenvalue weighted by Gasteiger charge is 2.29. The summed E-state index contributed by atoms with van der Waals surface area (Å²) in [5.74, 6) is 2.01. The van der Waals surface area contributed by atoms with Crippen LogP contribution in [0.5, 0.6) is 0 Å². The minimum Gasteiger partial charge on any atom is -0.342 e. The number of aryl methyl sites for hydroxylation is 2. The molecule has 8 nitrogen and oxygen atoms in total. The van der Waals surface area contributed by atoms with Crippen LogP contribution >= 0.6 is 0 Å². The molecule has 0 spiro atoms. The van der Waals surface area contributed by atoms with E-state index in [9.17, 15) is 4.79 Å². The molecule has 0 bridgehead atoms. The molecule has 3 aromatic rings. The molecule has 0 N–H and O–H groups in total. The van der Waals surface area contributed by atoms with Gasteiger partial charge in [0.1, 0.15) is 0 Å². The Labute approximate surface area is 150 Å². The van der Waals surface area contributed by atoms with E-state index in [1.165, 1.54) is 0 Å². The molecule has 1 atom stereocenters. The van der Waals surface area contributed by atoms with Crippen LogP contribution in [0.2, 0.25) is 0 Å². The predicted molar refractivity (Wildman–Crippen MR) is 93.7 cm³/mol. The Balaban J connectivity index is 1.53. The summed E-state index contributed by atoms with van der Waals surface area (Å²) in [7, 11) is 0. The average molecular weight is 352 g/mol. The lowest BCUT2D eigenvalue weighted by Crippen LogP contribution is -2.25. The van der Waals surface area contributed by atoms with Crippen molar-refractivity contribution >= 4 is 5.91 Å². The Bertz CT molecular complexity index is 943. The number of rotatable bonds is 3. The summed E-state index contributed by atoms with van der Waals surface area (Å²) in [5.41, 5.74) is 2.76. The van der Waals surface area contributed by atoms with Crippen molar-refractivity contribution in [3.63, 3.8) is 0 Å². The molecule has 4 rings (SSSR count). The van der Waals surface area contributed by atoms with E-state index < -0.39 is 0 Å². The van der Waals surface area contributed by atoms with Crippen LogP contribution in [-0.2, 0) is 4.79 Å². The largest absolute Gasteiger partial charge is 0.342 e. The molecular weight excluding hydrogens is 332 g/mol. The topological polar surface area (TPSA) is 89.9 Å². The van der Waals surface area contributed by atoms with Crippen LogP contribution in [0, 0.1) is 13.8 Å². The summed E-state index contributed by atoms with van der Waals surface area (Å²) in [5, 5.41) is 8.51. The lowest BCUT2D eigenvalue weighted by atomic mass is 10.1. The number of carbonyl (C=O) groups is 1. The Kier molecular flexibility index (Phi) is 4.02. The Morgan fingerprint density at radius 2 is 2.15 bits per heavy atom. The van der Waals surface area contributed by atoms with Gasteiger partial charge in [0.05, 0.1) is 11.6 Å². The van der Waals surface area contributed by atoms with Gasteiger partial charge in [-0.25, -0.2) is 9.67 Å². The average Bonchev–Trinajstić information content (AvgIpc) is 3.33. The van der Waals surface area contributed by atoms with Crippen LogP contribution in [0.1, 0.15) is 36.5 Å². The van der Waals surface area contributed by atoms with Crippen LogP contribution in [0.4, 0.5) is 0 Å². The zero-order valence-electron chi connectivity index (χ0n) is 15.0. The number of likely N-dealkylation sites (tertiary alicyclic amines) is 1. The van der Waals surface area contributed by atoms with Gasteiger partial charge in [-0.05, 0) is 38.5 Å². The van der Waals surface area contributed by atoms with Crippen LogP contribution < -0.4 is 0 Å². The highest BCUT2D eigenvalue weighted by Crippen LogP contribution is 2.27. The quantitative estimate of drug-likeness (QED) is 0.718. The summed E-state index contributed by atoms with van der Waals surface area (Å²) < 4.78 is 7.23. The second kappa shape index (κ2) is 6.36. The van der Waals surface area contributed by atoms with Crippen LogP contribution in [0.15, 0.2) is 28.9 Å². The van der Waals surface area contributed by atoms with Gasteiger partial charge in [-0.1, -0.05) is 5.16 Å². The van der Waals surface area contributed by atoms with Crippen molar-refractivity contribution in [1.82, 2.24) is 29.8 Å². The third-order valence-electron chi connectivity index (χ3n) is 4.66. The summed E-state index contributed by atoms with van der Waals surface area (Å²) in [6.07, 6.45) is 2.56. The van der Waals surface area contributed by atoms with Gasteiger partial charge in [0.15, 0.2) is 5.82 Å². The Hall–Kier alpha value is -3.03. The van der Waals surface area contributed by atoms with E-state index in [4.69, 9.17) is 4.52 Å². The standard InChI is InChI=1S/C18H20N6O2/c1-11-8-12(2)24(21-11)16-5-4-14(9-19-16)17-20-18(26-22-17)15-6-7-23(10-15)13(3)25/h4-5,8-9,15H,6-7,10H2,1-3H3. The Morgan fingerprint density at radius 1 is 1.31 bits per heavy atom. The number of pyridine rings is 1. The van der Waals surface area contributed by atoms with Gasteiger partial charge in [-0.15, -0.1) is 0 Å². The van der Waals surface area contributed by atoms with E-state index in [0.29, 0.717) is 18.3 Å². The number of nitrogens with zero attached hydrogens (tertiary/aromatic N) is 6. The SMILES string of the molecule is CC(=O)N1CCC(c2nc(-c3ccc(-n4nc(C)cc4C)nc3)no2)C1. The normalized spacial score (nSPS) is 17.0. The van der Waals surface area contributed by atoms with Gasteiger partial charge >= 0.3 is 0 Å². The molecule has 1 aliphatic rings. The molecule has 0 aromatic carbocycles. The second-order valence-corrected chi connectivity index (χ2v) is 6.65. The van der Waals surface area contributed by atoms with Crippen molar-refractivity contribution in [2.45, 2.75) is 33.1 Å². The minimum atomic E-state index is 0.0798. The fraction of sp³-hybridized carbons (Fsp3) is 0.389. The highest BCUT2D eigenvalue weighted by atomic mass is 16.5. The number of carbonyl (C=O) groups excluding carboxylic acids is 1. The van der Waals surface area contributed by atoms with E-state index in [2.05, 4.69) is 20.2 Å². The van der Waals surface area contributed by atoms with E-state index in [1.54, 1.807) is 22.7 Å². The van der Waals surface area contributed by atoms with Gasteiger partial charge in [0, 0.05) is 37.5 Å². The molecule has 1 unspecified atom stereocenters. The van der Waals surface area contributed by atoms with E-state index >= 15 is 0 Å². The lowest BCUT2D eigenvalue weighted by Gasteiger charge is -2.11. The maximum absolute atomic E-state index is 11.5. The molecule has 0 radical (unpaired) electrons. The number of hydrogen-bond donors (Lipinski definition) is 0. The maximum Gasteiger partial charge on any atom is 0.231 e. The van der Waals surface area contributed by atoms with Crippen molar-refractivity contribution in [3.8, 4) is 17.2 Å². The van der Waals surface area contributed by atoms with Crippen LogP contribution in [-0.4, -0.2) is 48.8 Å². The Morgan fingerprint density at radius 3 is 2.77 bits per heavy atom. The maximum atomic E-state index is 11.5. The number of hydrogen-bond acceptors (Lipinski definition) is 6. The fourth-order valence-electron chi connectivity index (χ4n) is 3.27. The van der Waals surface area contributed by atoms with Gasteiger partial charge < -0.3 is 9.42 Å². The summed E-state index contributed by atoms with van der Waals surface area (Å²) in [4.78, 5) is 22.2. The first-order valence-electron chi connectivity index (χ1n) is 8.60. The van der Waals surface area contributed by atoms with Gasteiger partial charge in [-0.2, -0.15) is 10.1 Å². The molecule has 0 saturated carbocycles. The van der Waals surface area contributed by atoms with Crippen molar-refractivity contribution in [2.24, 2.45) is 0 Å². The van der Waals surface area contributed by atoms with Gasteiger partial charge in [-0.3, -0.25) is 4.79 Å². The highest BCUT2D eigenvalue weighted by molar-refractivity contribution is 5.73. The smallest absolute Gasteiger partial charge is 0.231 e. The van der Waals surface area contributed by atoms with Crippen LogP contribution in [0.3, 0.4) is 0 Å². The fourth-order valence-corrected chi connectivity index (χ4v) is 3.27. The molecule has 26 heavy (non-hydrogen) atoms. The molecule has 0 aliphatic carbocycles. The lowest BCUT2D eigenvalue weighted by molar-refractivity contribution is -0.127. The molecule has 134 valence electrons. The van der Waals surface area contributed by atoms with Crippen molar-refractivity contribution in [3.05, 3.63) is 41.7 Å². The second-order valence-electron chi connectivity index (χ2n) is 6.65. The molecule has 1 amide bonds. The van der Waals surface area contributed by atoms with E-state index in [0.717, 1.165) is 35.7 Å². The summed E-state index contributed by atoms with van der Waals surface area (Å²) in [6, 6.07) is 5.80. The summed E-state index contributed by atoms with van der Waals surface area (Å²) >= 11 is 0. The molecule has 3 aromatic heterocycles. The van der Waals surface area contributed by atoms with Crippen molar-refractivity contribution < 1.29 is 9.32 Å². The summed E-state index contributed by atoms with van der Waals surface area (Å²) in [6.45, 7) is 6.89. The monoisotopic (exact) mass is 352 g/mol. The van der Waals surface area contributed by atoms with E-state index in [1.807, 2.05) is 32.0 Å². The first-order chi connectivity index (χ1) is 12.5. The molecule has 1 saturated heterocycles. The molecule has 1 fully saturated rings. The third kappa shape index (κ3) is 2.98.